The number of nitriles is 2. The quantitative estimate of drug-likeness (QED) is 0.816. The summed E-state index contributed by atoms with van der Waals surface area (Å²) in [4.78, 5) is 0. The molecule has 4 nitrogen and oxygen atoms in total. The molecule has 0 saturated carbocycles. The van der Waals surface area contributed by atoms with Gasteiger partial charge in [0.1, 0.15) is 5.41 Å². The highest BCUT2D eigenvalue weighted by atomic mass is 35.5. The SMILES string of the molecule is N#CC(C#N)(CCS(=O)(=O)C(F)(F)F)Cc1ccc(Cl)cc1. The third kappa shape index (κ3) is 4.36. The fourth-order valence-corrected chi connectivity index (χ4v) is 2.65. The molecule has 0 radical (unpaired) electrons. The van der Waals surface area contributed by atoms with E-state index < -0.39 is 32.9 Å². The summed E-state index contributed by atoms with van der Waals surface area (Å²) in [5, 5.41) is 18.7. The maximum Gasteiger partial charge on any atom is 0.497 e. The predicted molar refractivity (Wildman–Crippen MR) is 73.3 cm³/mol. The van der Waals surface area contributed by atoms with Gasteiger partial charge < -0.3 is 0 Å². The summed E-state index contributed by atoms with van der Waals surface area (Å²) < 4.78 is 59.1. The maximum atomic E-state index is 12.3. The fourth-order valence-electron chi connectivity index (χ4n) is 1.68. The van der Waals surface area contributed by atoms with Gasteiger partial charge >= 0.3 is 5.51 Å². The van der Waals surface area contributed by atoms with Crippen molar-refractivity contribution >= 4 is 21.4 Å². The van der Waals surface area contributed by atoms with Gasteiger partial charge in [0.05, 0.1) is 17.9 Å². The second kappa shape index (κ2) is 6.55. The van der Waals surface area contributed by atoms with Crippen LogP contribution in [0.15, 0.2) is 24.3 Å². The van der Waals surface area contributed by atoms with E-state index in [-0.39, 0.29) is 6.42 Å². The lowest BCUT2D eigenvalue weighted by atomic mass is 9.82. The van der Waals surface area contributed by atoms with Crippen molar-refractivity contribution in [3.05, 3.63) is 34.9 Å². The molecule has 0 amide bonds. The van der Waals surface area contributed by atoms with Crippen LogP contribution in [0.2, 0.25) is 5.02 Å². The van der Waals surface area contributed by atoms with Gasteiger partial charge in [0.15, 0.2) is 0 Å². The maximum absolute atomic E-state index is 12.3. The Morgan fingerprint density at radius 2 is 1.59 bits per heavy atom. The molecule has 0 heterocycles. The van der Waals surface area contributed by atoms with Crippen LogP contribution in [-0.4, -0.2) is 19.7 Å². The van der Waals surface area contributed by atoms with Gasteiger partial charge in [-0.3, -0.25) is 0 Å². The van der Waals surface area contributed by atoms with Gasteiger partial charge in [0.2, 0.25) is 9.84 Å². The number of hydrogen-bond acceptors (Lipinski definition) is 4. The first-order valence-electron chi connectivity index (χ1n) is 5.91. The van der Waals surface area contributed by atoms with E-state index in [2.05, 4.69) is 0 Å². The van der Waals surface area contributed by atoms with E-state index in [1.165, 1.54) is 24.3 Å². The van der Waals surface area contributed by atoms with Crippen LogP contribution in [0.1, 0.15) is 12.0 Å². The Hall–Kier alpha value is -1.77. The van der Waals surface area contributed by atoms with Crippen LogP contribution < -0.4 is 0 Å². The lowest BCUT2D eigenvalue weighted by molar-refractivity contribution is -0.0436. The lowest BCUT2D eigenvalue weighted by Crippen LogP contribution is -2.30. The topological polar surface area (TPSA) is 81.7 Å². The van der Waals surface area contributed by atoms with Crippen LogP contribution >= 0.6 is 11.6 Å². The molecule has 0 bridgehead atoms. The minimum atomic E-state index is -5.40. The Balaban J connectivity index is 2.97. The Morgan fingerprint density at radius 1 is 1.09 bits per heavy atom. The highest BCUT2D eigenvalue weighted by Crippen LogP contribution is 2.31. The number of nitrogens with zero attached hydrogens (tertiary/aromatic N) is 2. The molecule has 0 N–H and O–H groups in total. The molecule has 0 unspecified atom stereocenters. The zero-order valence-electron chi connectivity index (χ0n) is 11.1. The number of alkyl halides is 3. The van der Waals surface area contributed by atoms with Crippen molar-refractivity contribution in [2.24, 2.45) is 5.41 Å². The molecule has 0 spiro atoms. The minimum Gasteiger partial charge on any atom is -0.220 e. The first-order valence-corrected chi connectivity index (χ1v) is 7.94. The third-order valence-electron chi connectivity index (χ3n) is 3.00. The molecule has 0 aliphatic carbocycles. The van der Waals surface area contributed by atoms with E-state index in [1.807, 2.05) is 0 Å². The summed E-state index contributed by atoms with van der Waals surface area (Å²) in [6.07, 6.45) is -0.922. The number of rotatable bonds is 5. The molecule has 9 heteroatoms. The molecule has 1 rings (SSSR count). The van der Waals surface area contributed by atoms with Crippen molar-refractivity contribution in [1.29, 1.82) is 10.5 Å². The highest BCUT2D eigenvalue weighted by molar-refractivity contribution is 7.92. The molecule has 0 atom stereocenters. The van der Waals surface area contributed by atoms with Crippen LogP contribution in [0.4, 0.5) is 13.2 Å². The number of halogens is 4. The van der Waals surface area contributed by atoms with Gasteiger partial charge in [-0.2, -0.15) is 23.7 Å². The van der Waals surface area contributed by atoms with Crippen LogP contribution in [0, 0.1) is 28.1 Å². The number of sulfone groups is 1. The van der Waals surface area contributed by atoms with Crippen LogP contribution in [0.5, 0.6) is 0 Å². The number of hydrogen-bond donors (Lipinski definition) is 0. The summed E-state index contributed by atoms with van der Waals surface area (Å²) in [5.41, 5.74) is -6.76. The van der Waals surface area contributed by atoms with E-state index in [1.54, 1.807) is 12.1 Å². The van der Waals surface area contributed by atoms with E-state index in [0.29, 0.717) is 10.6 Å². The molecule has 0 saturated heterocycles. The predicted octanol–water partition coefficient (Wildman–Crippen LogP) is 3.24. The van der Waals surface area contributed by atoms with Crippen molar-refractivity contribution in [2.45, 2.75) is 18.3 Å². The standard InChI is InChI=1S/C13H10ClF3N2O2S/c14-11-3-1-10(2-4-11)7-12(8-18,9-19)5-6-22(20,21)13(15,16)17/h1-4H,5-7H2. The largest absolute Gasteiger partial charge is 0.497 e. The van der Waals surface area contributed by atoms with Crippen molar-refractivity contribution in [2.75, 3.05) is 5.75 Å². The molecule has 0 fully saturated rings. The zero-order chi connectivity index (χ0) is 17.0. The first-order chi connectivity index (χ1) is 10.1. The molecule has 1 aromatic carbocycles. The van der Waals surface area contributed by atoms with Gasteiger partial charge in [-0.15, -0.1) is 0 Å². The van der Waals surface area contributed by atoms with Crippen LogP contribution in [0.3, 0.4) is 0 Å². The average molecular weight is 351 g/mol. The van der Waals surface area contributed by atoms with E-state index in [4.69, 9.17) is 22.1 Å². The minimum absolute atomic E-state index is 0.190. The summed E-state index contributed by atoms with van der Waals surface area (Å²) in [6.45, 7) is 0. The fraction of sp³-hybridized carbons (Fsp3) is 0.385. The summed E-state index contributed by atoms with van der Waals surface area (Å²) in [6, 6.07) is 9.29. The van der Waals surface area contributed by atoms with Gasteiger partial charge in [0, 0.05) is 11.4 Å². The molecule has 22 heavy (non-hydrogen) atoms. The first kappa shape index (κ1) is 18.3. The molecular formula is C13H10ClF3N2O2S. The monoisotopic (exact) mass is 350 g/mol. The molecular weight excluding hydrogens is 341 g/mol. The number of benzene rings is 1. The zero-order valence-corrected chi connectivity index (χ0v) is 12.6. The van der Waals surface area contributed by atoms with Crippen molar-refractivity contribution in [3.8, 4) is 12.1 Å². The normalized spacial score (nSPS) is 12.5. The van der Waals surface area contributed by atoms with Crippen molar-refractivity contribution in [3.63, 3.8) is 0 Å². The highest BCUT2D eigenvalue weighted by Gasteiger charge is 2.46. The third-order valence-corrected chi connectivity index (χ3v) is 4.70. The Bertz CT molecular complexity index is 702. The summed E-state index contributed by atoms with van der Waals surface area (Å²) in [5.74, 6) is -1.31. The smallest absolute Gasteiger partial charge is 0.220 e. The Morgan fingerprint density at radius 3 is 2.00 bits per heavy atom. The van der Waals surface area contributed by atoms with Gasteiger partial charge in [-0.1, -0.05) is 23.7 Å². The van der Waals surface area contributed by atoms with Gasteiger partial charge in [-0.05, 0) is 24.1 Å². The molecule has 0 aliphatic rings. The molecule has 0 aliphatic heterocycles. The molecule has 0 aromatic heterocycles. The van der Waals surface area contributed by atoms with E-state index in [9.17, 15) is 21.6 Å². The van der Waals surface area contributed by atoms with E-state index in [0.717, 1.165) is 0 Å². The summed E-state index contributed by atoms with van der Waals surface area (Å²) in [7, 11) is -5.37. The second-order valence-corrected chi connectivity index (χ2v) is 7.16. The van der Waals surface area contributed by atoms with Crippen molar-refractivity contribution in [1.82, 2.24) is 0 Å². The Labute approximate surface area is 130 Å². The van der Waals surface area contributed by atoms with E-state index >= 15 is 0 Å². The van der Waals surface area contributed by atoms with Crippen LogP contribution in [-0.2, 0) is 16.3 Å². The average Bonchev–Trinajstić information content (AvgIpc) is 2.45. The molecule has 118 valence electrons. The van der Waals surface area contributed by atoms with Crippen LogP contribution in [0.25, 0.3) is 0 Å². The lowest BCUT2D eigenvalue weighted by Gasteiger charge is -2.19. The summed E-state index contributed by atoms with van der Waals surface area (Å²) >= 11 is 5.69. The molecule has 1 aromatic rings. The Kier molecular flexibility index (Phi) is 5.44. The second-order valence-electron chi connectivity index (χ2n) is 4.62. The van der Waals surface area contributed by atoms with Gasteiger partial charge in [0.25, 0.3) is 0 Å². The van der Waals surface area contributed by atoms with Gasteiger partial charge in [-0.25, -0.2) is 8.42 Å². The van der Waals surface area contributed by atoms with Crippen molar-refractivity contribution < 1.29 is 21.6 Å².